The first-order chi connectivity index (χ1) is 21.5. The molecule has 46 heavy (non-hydrogen) atoms. The molecule has 3 aromatic rings. The van der Waals surface area contributed by atoms with Gasteiger partial charge in [0.1, 0.15) is 17.2 Å². The van der Waals surface area contributed by atoms with Crippen molar-refractivity contribution in [1.29, 1.82) is 0 Å². The second-order valence-corrected chi connectivity index (χ2v) is 14.1. The van der Waals surface area contributed by atoms with E-state index in [4.69, 9.17) is 14.2 Å². The van der Waals surface area contributed by atoms with Gasteiger partial charge < -0.3 is 37.9 Å². The Kier molecular flexibility index (Phi) is 18.0. The molecular weight excluding hydrogens is 579 g/mol. The highest BCUT2D eigenvalue weighted by atomic mass is 16.6. The monoisotopic (exact) mass is 638 g/mol. The first-order valence-corrected chi connectivity index (χ1v) is 16.0. The SMILES string of the molecule is COc1ccc(C(CCCCCCCOB([O-])[O-])(c2ccc(OC)cc2)c2ccc(OC)cc2)cc1.C[N+](C)(C)C.C[N+](C)(C)C. The lowest BCUT2D eigenvalue weighted by molar-refractivity contribution is -0.849. The number of benzene rings is 3. The van der Waals surface area contributed by atoms with Crippen LogP contribution in [0.2, 0.25) is 0 Å². The summed E-state index contributed by atoms with van der Waals surface area (Å²) in [5, 5.41) is 21.0. The molecule has 0 saturated carbocycles. The Bertz CT molecular complexity index is 1070. The molecule has 9 heteroatoms. The van der Waals surface area contributed by atoms with Crippen LogP contribution in [0.1, 0.15) is 55.2 Å². The van der Waals surface area contributed by atoms with Crippen LogP contribution in [0.5, 0.6) is 17.2 Å². The van der Waals surface area contributed by atoms with E-state index in [0.29, 0.717) is 0 Å². The second-order valence-electron chi connectivity index (χ2n) is 14.1. The van der Waals surface area contributed by atoms with Crippen molar-refractivity contribution in [3.8, 4) is 17.2 Å². The zero-order chi connectivity index (χ0) is 34.8. The van der Waals surface area contributed by atoms with E-state index in [1.807, 2.05) is 36.4 Å². The molecule has 0 amide bonds. The average molecular weight is 639 g/mol. The highest BCUT2D eigenvalue weighted by Gasteiger charge is 2.36. The summed E-state index contributed by atoms with van der Waals surface area (Å²) in [4.78, 5) is 0. The normalized spacial score (nSPS) is 11.4. The third kappa shape index (κ3) is 16.5. The van der Waals surface area contributed by atoms with E-state index in [0.717, 1.165) is 64.7 Å². The van der Waals surface area contributed by atoms with Crippen molar-refractivity contribution in [2.45, 2.75) is 43.9 Å². The van der Waals surface area contributed by atoms with Gasteiger partial charge in [0.2, 0.25) is 0 Å². The van der Waals surface area contributed by atoms with Crippen molar-refractivity contribution in [1.82, 2.24) is 0 Å². The molecule has 0 N–H and O–H groups in total. The van der Waals surface area contributed by atoms with Crippen molar-refractivity contribution in [2.24, 2.45) is 0 Å². The molecule has 0 spiro atoms. The van der Waals surface area contributed by atoms with Gasteiger partial charge in [-0.15, -0.1) is 0 Å². The number of hydrogen-bond donors (Lipinski definition) is 0. The fourth-order valence-corrected chi connectivity index (χ4v) is 4.76. The van der Waals surface area contributed by atoms with Gasteiger partial charge in [-0.3, -0.25) is 0 Å². The number of nitrogens with zero attached hydrogens (tertiary/aromatic N) is 2. The number of rotatable bonds is 15. The standard InChI is InChI=1S/C29H35BO6.2C4H12N/c1-33-26-15-9-23(10-16-26)29(24-11-17-27(34-2)18-12-24,25-13-19-28(35-3)20-14-25)21-7-5-4-6-8-22-36-30(31)32;2*1-5(2,3)4/h9-20H,4-8,21-22H2,1-3H3;2*1-4H3/q-2;2*+1. The molecule has 0 radical (unpaired) electrons. The maximum absolute atomic E-state index is 10.5. The summed E-state index contributed by atoms with van der Waals surface area (Å²) in [7, 11) is 19.8. The zero-order valence-corrected chi connectivity index (χ0v) is 30.3. The Morgan fingerprint density at radius 3 is 1.07 bits per heavy atom. The van der Waals surface area contributed by atoms with Crippen molar-refractivity contribution < 1.29 is 37.9 Å². The Labute approximate surface area is 279 Å². The first kappa shape index (κ1) is 40.9. The third-order valence-corrected chi connectivity index (χ3v) is 6.70. The van der Waals surface area contributed by atoms with Crippen LogP contribution in [0, 0.1) is 0 Å². The Hall–Kier alpha value is -3.08. The molecule has 3 aromatic carbocycles. The molecule has 0 atom stereocenters. The lowest BCUT2D eigenvalue weighted by Crippen LogP contribution is -2.47. The van der Waals surface area contributed by atoms with Gasteiger partial charge in [-0.25, -0.2) is 0 Å². The summed E-state index contributed by atoms with van der Waals surface area (Å²) < 4.78 is 22.9. The van der Waals surface area contributed by atoms with Gasteiger partial charge in [-0.05, 0) is 65.9 Å². The van der Waals surface area contributed by atoms with Crippen LogP contribution in [0.4, 0.5) is 0 Å². The molecule has 0 heterocycles. The van der Waals surface area contributed by atoms with Gasteiger partial charge >= 0.3 is 0 Å². The molecular formula is C37H59BN2O6. The Morgan fingerprint density at radius 1 is 0.500 bits per heavy atom. The van der Waals surface area contributed by atoms with Gasteiger partial charge in [0.25, 0.3) is 0 Å². The third-order valence-electron chi connectivity index (χ3n) is 6.70. The minimum absolute atomic E-state index is 0.227. The van der Waals surface area contributed by atoms with Crippen LogP contribution in [0.3, 0.4) is 0 Å². The summed E-state index contributed by atoms with van der Waals surface area (Å²) in [6.07, 6.45) is 5.58. The molecule has 0 saturated heterocycles. The van der Waals surface area contributed by atoms with Gasteiger partial charge in [0.15, 0.2) is 0 Å². The smallest absolute Gasteiger partial charge is 0.118 e. The molecule has 3 rings (SSSR count). The lowest BCUT2D eigenvalue weighted by Gasteiger charge is -2.36. The predicted molar refractivity (Wildman–Crippen MR) is 186 cm³/mol. The summed E-state index contributed by atoms with van der Waals surface area (Å²) in [6.45, 7) is 0.227. The van der Waals surface area contributed by atoms with Gasteiger partial charge in [-0.2, -0.15) is 0 Å². The van der Waals surface area contributed by atoms with Crippen molar-refractivity contribution in [2.75, 3.05) is 84.3 Å². The molecule has 0 aromatic heterocycles. The number of ether oxygens (including phenoxy) is 3. The summed E-state index contributed by atoms with van der Waals surface area (Å²) >= 11 is 0. The molecule has 0 aliphatic rings. The first-order valence-electron chi connectivity index (χ1n) is 16.0. The van der Waals surface area contributed by atoms with Gasteiger partial charge in [0.05, 0.1) is 85.0 Å². The highest BCUT2D eigenvalue weighted by molar-refractivity contribution is 6.28. The maximum Gasteiger partial charge on any atom is 0.118 e. The van der Waals surface area contributed by atoms with Crippen LogP contribution in [-0.4, -0.2) is 101 Å². The second kappa shape index (κ2) is 20.2. The number of quaternary nitrogens is 2. The van der Waals surface area contributed by atoms with Gasteiger partial charge in [0, 0.05) is 12.0 Å². The maximum atomic E-state index is 10.5. The van der Waals surface area contributed by atoms with E-state index in [9.17, 15) is 10.0 Å². The highest BCUT2D eigenvalue weighted by Crippen LogP contribution is 2.45. The van der Waals surface area contributed by atoms with Crippen LogP contribution in [0.15, 0.2) is 72.8 Å². The largest absolute Gasteiger partial charge is 0.871 e. The molecule has 8 nitrogen and oxygen atoms in total. The van der Waals surface area contributed by atoms with E-state index >= 15 is 0 Å². The summed E-state index contributed by atoms with van der Waals surface area (Å²) in [6, 6.07) is 24.9. The van der Waals surface area contributed by atoms with Crippen LogP contribution in [0.25, 0.3) is 0 Å². The number of unbranched alkanes of at least 4 members (excludes halogenated alkanes) is 4. The predicted octanol–water partition coefficient (Wildman–Crippen LogP) is 4.75. The average Bonchev–Trinajstić information content (AvgIpc) is 2.99. The van der Waals surface area contributed by atoms with Crippen molar-refractivity contribution >= 4 is 7.32 Å². The lowest BCUT2D eigenvalue weighted by atomic mass is 9.66. The Balaban J connectivity index is 0.000000919. The minimum Gasteiger partial charge on any atom is -0.871 e. The zero-order valence-electron chi connectivity index (χ0n) is 30.3. The van der Waals surface area contributed by atoms with Crippen LogP contribution in [-0.2, 0) is 10.1 Å². The number of hydrogen-bond acceptors (Lipinski definition) is 6. The summed E-state index contributed by atoms with van der Waals surface area (Å²) in [5.41, 5.74) is 3.17. The van der Waals surface area contributed by atoms with Gasteiger partial charge in [-0.1, -0.05) is 62.1 Å². The molecule has 0 fully saturated rings. The quantitative estimate of drug-likeness (QED) is 0.103. The minimum atomic E-state index is -2.19. The molecule has 0 aliphatic carbocycles. The van der Waals surface area contributed by atoms with E-state index in [2.05, 4.69) is 97.4 Å². The van der Waals surface area contributed by atoms with E-state index in [1.54, 1.807) is 21.3 Å². The number of methoxy groups -OCH3 is 3. The molecule has 0 unspecified atom stereocenters. The molecule has 0 bridgehead atoms. The fraction of sp³-hybridized carbons (Fsp3) is 0.514. The van der Waals surface area contributed by atoms with E-state index < -0.39 is 7.32 Å². The van der Waals surface area contributed by atoms with E-state index in [-0.39, 0.29) is 12.0 Å². The van der Waals surface area contributed by atoms with Crippen LogP contribution >= 0.6 is 0 Å². The molecule has 256 valence electrons. The fourth-order valence-electron chi connectivity index (χ4n) is 4.76. The Morgan fingerprint density at radius 2 is 0.783 bits per heavy atom. The van der Waals surface area contributed by atoms with Crippen molar-refractivity contribution in [3.05, 3.63) is 89.5 Å². The van der Waals surface area contributed by atoms with Crippen molar-refractivity contribution in [3.63, 3.8) is 0 Å². The van der Waals surface area contributed by atoms with E-state index in [1.165, 1.54) is 16.7 Å². The van der Waals surface area contributed by atoms with Crippen LogP contribution < -0.4 is 24.3 Å². The topological polar surface area (TPSA) is 83.0 Å². The summed E-state index contributed by atoms with van der Waals surface area (Å²) in [5.74, 6) is 2.45. The molecule has 0 aliphatic heterocycles.